The van der Waals surface area contributed by atoms with Gasteiger partial charge in [-0.2, -0.15) is 4.98 Å². The van der Waals surface area contributed by atoms with E-state index in [9.17, 15) is 0 Å². The maximum Gasteiger partial charge on any atom is 0.241 e. The van der Waals surface area contributed by atoms with E-state index in [0.29, 0.717) is 30.1 Å². The van der Waals surface area contributed by atoms with Gasteiger partial charge in [-0.25, -0.2) is 0 Å². The van der Waals surface area contributed by atoms with Gasteiger partial charge in [0, 0.05) is 6.04 Å². The van der Waals surface area contributed by atoms with Crippen molar-refractivity contribution in [3.63, 3.8) is 0 Å². The quantitative estimate of drug-likeness (QED) is 0.812. The molecule has 1 aliphatic rings. The Bertz CT molecular complexity index is 502. The van der Waals surface area contributed by atoms with Crippen LogP contribution in [0.1, 0.15) is 25.7 Å². The highest BCUT2D eigenvalue weighted by atomic mass is 16.5. The molecule has 5 nitrogen and oxygen atoms in total. The van der Waals surface area contributed by atoms with E-state index in [1.54, 1.807) is 6.26 Å². The van der Waals surface area contributed by atoms with E-state index in [2.05, 4.69) is 29.0 Å². The molecule has 2 aromatic heterocycles. The van der Waals surface area contributed by atoms with Gasteiger partial charge in [-0.15, -0.1) is 0 Å². The first-order chi connectivity index (χ1) is 8.74. The molecule has 0 spiro atoms. The molecule has 18 heavy (non-hydrogen) atoms. The molecule has 0 saturated heterocycles. The molecule has 2 aromatic rings. The van der Waals surface area contributed by atoms with Crippen molar-refractivity contribution in [2.45, 2.75) is 32.4 Å². The highest BCUT2D eigenvalue weighted by Gasteiger charge is 2.31. The van der Waals surface area contributed by atoms with Crippen LogP contribution in [0.25, 0.3) is 11.6 Å². The van der Waals surface area contributed by atoms with E-state index in [0.717, 1.165) is 5.92 Å². The molecule has 1 aliphatic carbocycles. The summed E-state index contributed by atoms with van der Waals surface area (Å²) in [6.07, 6.45) is 4.28. The second-order valence-electron chi connectivity index (χ2n) is 4.98. The maximum absolute atomic E-state index is 5.25. The molecule has 5 heteroatoms. The Hall–Kier alpha value is -1.62. The minimum atomic E-state index is 0.516. The second-order valence-corrected chi connectivity index (χ2v) is 4.98. The molecule has 0 aromatic carbocycles. The van der Waals surface area contributed by atoms with Crippen LogP contribution in [0, 0.1) is 5.92 Å². The van der Waals surface area contributed by atoms with Crippen LogP contribution in [0.4, 0.5) is 0 Å². The molecule has 1 saturated carbocycles. The zero-order valence-electron chi connectivity index (χ0n) is 10.7. The summed E-state index contributed by atoms with van der Waals surface area (Å²) in [4.78, 5) is 6.60. The summed E-state index contributed by atoms with van der Waals surface area (Å²) in [6.45, 7) is 2.94. The predicted octanol–water partition coefficient (Wildman–Crippen LogP) is 2.56. The number of nitrogens with zero attached hydrogens (tertiary/aromatic N) is 3. The molecule has 2 heterocycles. The zero-order valence-corrected chi connectivity index (χ0v) is 10.7. The topological polar surface area (TPSA) is 55.3 Å². The van der Waals surface area contributed by atoms with Crippen LogP contribution in [0.5, 0.6) is 0 Å². The van der Waals surface area contributed by atoms with Crippen molar-refractivity contribution in [2.24, 2.45) is 5.92 Å². The molecule has 1 atom stereocenters. The fourth-order valence-electron chi connectivity index (χ4n) is 2.12. The SMILES string of the molecule is CC(C1CC1)N(C)Cc1nc(-c2ccco2)no1. The van der Waals surface area contributed by atoms with Crippen molar-refractivity contribution in [1.82, 2.24) is 15.0 Å². The molecule has 0 bridgehead atoms. The van der Waals surface area contributed by atoms with Crippen LogP contribution < -0.4 is 0 Å². The first-order valence-corrected chi connectivity index (χ1v) is 6.31. The number of hydrogen-bond acceptors (Lipinski definition) is 5. The lowest BCUT2D eigenvalue weighted by Crippen LogP contribution is -2.30. The summed E-state index contributed by atoms with van der Waals surface area (Å²) >= 11 is 0. The molecular formula is C13H17N3O2. The second kappa shape index (κ2) is 4.57. The average molecular weight is 247 g/mol. The first kappa shape index (κ1) is 11.5. The minimum Gasteiger partial charge on any atom is -0.461 e. The van der Waals surface area contributed by atoms with Crippen molar-refractivity contribution in [1.29, 1.82) is 0 Å². The highest BCUT2D eigenvalue weighted by molar-refractivity contribution is 5.44. The molecule has 1 fully saturated rings. The highest BCUT2D eigenvalue weighted by Crippen LogP contribution is 2.35. The molecule has 0 aliphatic heterocycles. The van der Waals surface area contributed by atoms with Crippen LogP contribution >= 0.6 is 0 Å². The number of hydrogen-bond donors (Lipinski definition) is 0. The van der Waals surface area contributed by atoms with E-state index in [4.69, 9.17) is 8.94 Å². The molecule has 3 rings (SSSR count). The van der Waals surface area contributed by atoms with Crippen molar-refractivity contribution in [3.05, 3.63) is 24.3 Å². The third-order valence-corrected chi connectivity index (χ3v) is 3.59. The van der Waals surface area contributed by atoms with Gasteiger partial charge in [0.15, 0.2) is 5.76 Å². The lowest BCUT2D eigenvalue weighted by atomic mass is 10.2. The van der Waals surface area contributed by atoms with Crippen LogP contribution in [0.15, 0.2) is 27.3 Å². The molecule has 0 radical (unpaired) electrons. The van der Waals surface area contributed by atoms with Gasteiger partial charge < -0.3 is 8.94 Å². The van der Waals surface area contributed by atoms with Crippen LogP contribution in [0.3, 0.4) is 0 Å². The maximum atomic E-state index is 5.25. The Kier molecular flexibility index (Phi) is 2.91. The lowest BCUT2D eigenvalue weighted by Gasteiger charge is -2.22. The van der Waals surface area contributed by atoms with Gasteiger partial charge in [-0.1, -0.05) is 5.16 Å². The van der Waals surface area contributed by atoms with Gasteiger partial charge in [-0.3, -0.25) is 4.90 Å². The molecule has 0 amide bonds. The van der Waals surface area contributed by atoms with Crippen molar-refractivity contribution >= 4 is 0 Å². The number of rotatable bonds is 5. The van der Waals surface area contributed by atoms with Crippen molar-refractivity contribution in [3.8, 4) is 11.6 Å². The fourth-order valence-corrected chi connectivity index (χ4v) is 2.12. The third kappa shape index (κ3) is 2.31. The standard InChI is InChI=1S/C13H17N3O2/c1-9(10-5-6-10)16(2)8-12-14-13(15-18-12)11-4-3-7-17-11/h3-4,7,9-10H,5-6,8H2,1-2H3. The van der Waals surface area contributed by atoms with E-state index in [-0.39, 0.29) is 0 Å². The first-order valence-electron chi connectivity index (χ1n) is 6.31. The van der Waals surface area contributed by atoms with E-state index in [1.165, 1.54) is 12.8 Å². The number of furan rings is 1. The monoisotopic (exact) mass is 247 g/mol. The molecular weight excluding hydrogens is 230 g/mol. The zero-order chi connectivity index (χ0) is 12.5. The third-order valence-electron chi connectivity index (χ3n) is 3.59. The summed E-state index contributed by atoms with van der Waals surface area (Å²) in [5.74, 6) is 2.63. The van der Waals surface area contributed by atoms with Gasteiger partial charge in [0.25, 0.3) is 0 Å². The van der Waals surface area contributed by atoms with Crippen LogP contribution in [0.2, 0.25) is 0 Å². The Morgan fingerprint density at radius 3 is 3.00 bits per heavy atom. The molecule has 96 valence electrons. The Morgan fingerprint density at radius 2 is 2.33 bits per heavy atom. The van der Waals surface area contributed by atoms with Crippen LogP contribution in [-0.4, -0.2) is 28.1 Å². The normalized spacial score (nSPS) is 17.3. The minimum absolute atomic E-state index is 0.516. The fraction of sp³-hybridized carbons (Fsp3) is 0.538. The van der Waals surface area contributed by atoms with Crippen molar-refractivity contribution < 1.29 is 8.94 Å². The smallest absolute Gasteiger partial charge is 0.241 e. The molecule has 0 N–H and O–H groups in total. The Morgan fingerprint density at radius 1 is 1.50 bits per heavy atom. The molecule has 1 unspecified atom stereocenters. The van der Waals surface area contributed by atoms with E-state index in [1.807, 2.05) is 12.1 Å². The van der Waals surface area contributed by atoms with Gasteiger partial charge in [0.05, 0.1) is 12.8 Å². The number of aromatic nitrogens is 2. The van der Waals surface area contributed by atoms with Gasteiger partial charge in [0.1, 0.15) is 0 Å². The van der Waals surface area contributed by atoms with Crippen LogP contribution in [-0.2, 0) is 6.54 Å². The van der Waals surface area contributed by atoms with Gasteiger partial charge in [0.2, 0.25) is 11.7 Å². The van der Waals surface area contributed by atoms with Gasteiger partial charge >= 0.3 is 0 Å². The van der Waals surface area contributed by atoms with E-state index >= 15 is 0 Å². The lowest BCUT2D eigenvalue weighted by molar-refractivity contribution is 0.197. The largest absolute Gasteiger partial charge is 0.461 e. The Labute approximate surface area is 106 Å². The summed E-state index contributed by atoms with van der Waals surface area (Å²) in [6, 6.07) is 4.21. The summed E-state index contributed by atoms with van der Waals surface area (Å²) in [7, 11) is 2.10. The summed E-state index contributed by atoms with van der Waals surface area (Å²) in [5.41, 5.74) is 0. The van der Waals surface area contributed by atoms with Gasteiger partial charge in [-0.05, 0) is 44.9 Å². The Balaban J connectivity index is 1.66. The predicted molar refractivity (Wildman–Crippen MR) is 65.7 cm³/mol. The average Bonchev–Trinajstić information content (AvgIpc) is 2.89. The summed E-state index contributed by atoms with van der Waals surface area (Å²) < 4.78 is 10.5. The summed E-state index contributed by atoms with van der Waals surface area (Å²) in [5, 5.41) is 3.93. The van der Waals surface area contributed by atoms with Crippen molar-refractivity contribution in [2.75, 3.05) is 7.05 Å². The van der Waals surface area contributed by atoms with E-state index < -0.39 is 0 Å².